The van der Waals surface area contributed by atoms with Crippen molar-refractivity contribution in [1.29, 1.82) is 5.41 Å². The molecule has 0 unspecified atom stereocenters. The fourth-order valence-corrected chi connectivity index (χ4v) is 2.13. The number of nitrogens with one attached hydrogen (secondary N) is 1. The van der Waals surface area contributed by atoms with Crippen molar-refractivity contribution >= 4 is 17.2 Å². The summed E-state index contributed by atoms with van der Waals surface area (Å²) in [5, 5.41) is 13.5. The van der Waals surface area contributed by atoms with E-state index >= 15 is 0 Å². The van der Waals surface area contributed by atoms with Gasteiger partial charge < -0.3 is 0 Å². The fourth-order valence-electron chi connectivity index (χ4n) is 1.56. The molecule has 2 heterocycles. The van der Waals surface area contributed by atoms with Gasteiger partial charge in [0.25, 0.3) is 5.91 Å². The number of hydrogen-bond acceptors (Lipinski definition) is 4. The molecule has 16 heavy (non-hydrogen) atoms. The number of rotatable bonds is 2. The minimum atomic E-state index is -0.231. The van der Waals surface area contributed by atoms with Crippen LogP contribution >= 0.6 is 11.3 Å². The third-order valence-corrected chi connectivity index (χ3v) is 3.25. The van der Waals surface area contributed by atoms with Gasteiger partial charge in [-0.3, -0.25) is 19.5 Å². The maximum Gasteiger partial charge on any atom is 0.284 e. The fraction of sp³-hybridized carbons (Fsp3) is 0.300. The van der Waals surface area contributed by atoms with Crippen molar-refractivity contribution in [1.82, 2.24) is 14.3 Å². The van der Waals surface area contributed by atoms with Gasteiger partial charge in [-0.25, -0.2) is 0 Å². The van der Waals surface area contributed by atoms with Gasteiger partial charge in [-0.1, -0.05) is 0 Å². The van der Waals surface area contributed by atoms with Crippen molar-refractivity contribution in [2.24, 2.45) is 0 Å². The Morgan fingerprint density at radius 2 is 2.31 bits per heavy atom. The predicted octanol–water partition coefficient (Wildman–Crippen LogP) is 1.25. The van der Waals surface area contributed by atoms with Crippen molar-refractivity contribution in [3.05, 3.63) is 34.3 Å². The summed E-state index contributed by atoms with van der Waals surface area (Å²) >= 11 is 1.23. The molecule has 2 aromatic heterocycles. The second-order valence-electron chi connectivity index (χ2n) is 3.80. The smallest absolute Gasteiger partial charge is 0.275 e. The van der Waals surface area contributed by atoms with Crippen LogP contribution in [0.1, 0.15) is 29.4 Å². The van der Waals surface area contributed by atoms with E-state index in [0.29, 0.717) is 11.7 Å². The first-order chi connectivity index (χ1) is 7.75. The molecule has 1 aliphatic carbocycles. The number of aromatic nitrogens is 3. The summed E-state index contributed by atoms with van der Waals surface area (Å²) in [4.78, 5) is 12.2. The van der Waals surface area contributed by atoms with Gasteiger partial charge in [-0.2, -0.15) is 5.10 Å². The summed E-state index contributed by atoms with van der Waals surface area (Å²) in [5.74, 6) is -0.231. The van der Waals surface area contributed by atoms with Gasteiger partial charge in [0.2, 0.25) is 0 Å². The minimum absolute atomic E-state index is 0.228. The summed E-state index contributed by atoms with van der Waals surface area (Å²) in [6.45, 7) is 0. The van der Waals surface area contributed by atoms with E-state index in [1.807, 2.05) is 10.9 Å². The van der Waals surface area contributed by atoms with Crippen LogP contribution in [-0.2, 0) is 0 Å². The summed E-state index contributed by atoms with van der Waals surface area (Å²) in [5.41, 5.74) is 0.406. The molecule has 1 saturated carbocycles. The number of carbonyl (C=O) groups excluding carboxylic acids is 1. The van der Waals surface area contributed by atoms with Crippen LogP contribution in [0.2, 0.25) is 0 Å². The Hall–Kier alpha value is -1.69. The van der Waals surface area contributed by atoms with Crippen LogP contribution in [0.15, 0.2) is 23.8 Å². The molecule has 0 amide bonds. The molecule has 1 N–H and O–H groups in total. The lowest BCUT2D eigenvalue weighted by Gasteiger charge is -1.97. The van der Waals surface area contributed by atoms with E-state index in [4.69, 9.17) is 5.41 Å². The second kappa shape index (κ2) is 3.41. The van der Waals surface area contributed by atoms with Gasteiger partial charge in [-0.05, 0) is 18.9 Å². The van der Waals surface area contributed by atoms with Crippen molar-refractivity contribution in [2.45, 2.75) is 18.9 Å². The van der Waals surface area contributed by atoms with Crippen LogP contribution in [0.5, 0.6) is 0 Å². The molecule has 82 valence electrons. The Bertz CT molecular complexity index is 590. The van der Waals surface area contributed by atoms with E-state index in [0.717, 1.165) is 12.8 Å². The molecule has 2 aromatic rings. The van der Waals surface area contributed by atoms with Crippen molar-refractivity contribution in [3.8, 4) is 0 Å². The van der Waals surface area contributed by atoms with Gasteiger partial charge in [0.1, 0.15) is 0 Å². The van der Waals surface area contributed by atoms with Gasteiger partial charge >= 0.3 is 0 Å². The van der Waals surface area contributed by atoms with Gasteiger partial charge in [-0.15, -0.1) is 11.3 Å². The highest BCUT2D eigenvalue weighted by Crippen LogP contribution is 2.33. The Morgan fingerprint density at radius 1 is 1.50 bits per heavy atom. The average Bonchev–Trinajstić information content (AvgIpc) is 2.86. The molecular weight excluding hydrogens is 224 g/mol. The monoisotopic (exact) mass is 234 g/mol. The predicted molar refractivity (Wildman–Crippen MR) is 58.4 cm³/mol. The third kappa shape index (κ3) is 1.51. The number of nitrogens with zero attached hydrogens (tertiary/aromatic N) is 3. The molecule has 0 aliphatic heterocycles. The molecule has 1 fully saturated rings. The Kier molecular flexibility index (Phi) is 2.03. The van der Waals surface area contributed by atoms with Gasteiger partial charge in [0, 0.05) is 17.8 Å². The van der Waals surface area contributed by atoms with Crippen LogP contribution in [-0.4, -0.2) is 20.3 Å². The highest BCUT2D eigenvalue weighted by molar-refractivity contribution is 7.07. The zero-order valence-corrected chi connectivity index (χ0v) is 9.28. The van der Waals surface area contributed by atoms with Crippen LogP contribution in [0.4, 0.5) is 0 Å². The second-order valence-corrected chi connectivity index (χ2v) is 4.69. The standard InChI is InChI=1S/C10H10N4OS/c11-10-13(5-6-16-10)9(15)8-3-4-14(12-8)7-1-2-7/h3-7,11H,1-2H2. The quantitative estimate of drug-likeness (QED) is 0.850. The van der Waals surface area contributed by atoms with Crippen molar-refractivity contribution < 1.29 is 4.79 Å². The molecular formula is C10H10N4OS. The van der Waals surface area contributed by atoms with Crippen molar-refractivity contribution in [2.75, 3.05) is 0 Å². The van der Waals surface area contributed by atoms with Crippen molar-refractivity contribution in [3.63, 3.8) is 0 Å². The minimum Gasteiger partial charge on any atom is -0.275 e. The van der Waals surface area contributed by atoms with Crippen LogP contribution in [0.3, 0.4) is 0 Å². The topological polar surface area (TPSA) is 63.7 Å². The summed E-state index contributed by atoms with van der Waals surface area (Å²) in [7, 11) is 0. The Morgan fingerprint density at radius 3 is 2.94 bits per heavy atom. The first kappa shape index (κ1) is 9.53. The molecule has 0 radical (unpaired) electrons. The van der Waals surface area contributed by atoms with E-state index < -0.39 is 0 Å². The first-order valence-corrected chi connectivity index (χ1v) is 5.94. The SMILES string of the molecule is N=c1sccn1C(=O)c1ccn(C2CC2)n1. The van der Waals surface area contributed by atoms with E-state index in [9.17, 15) is 4.79 Å². The lowest BCUT2D eigenvalue weighted by atomic mass is 10.4. The molecule has 0 atom stereocenters. The molecule has 5 nitrogen and oxygen atoms in total. The molecule has 1 aliphatic rings. The van der Waals surface area contributed by atoms with E-state index in [1.54, 1.807) is 17.6 Å². The number of carbonyl (C=O) groups is 1. The lowest BCUT2D eigenvalue weighted by Crippen LogP contribution is -2.22. The molecule has 0 spiro atoms. The van der Waals surface area contributed by atoms with Gasteiger partial charge in [0.15, 0.2) is 10.5 Å². The normalized spacial score (nSPS) is 15.2. The molecule has 0 saturated heterocycles. The van der Waals surface area contributed by atoms with Gasteiger partial charge in [0.05, 0.1) is 6.04 Å². The largest absolute Gasteiger partial charge is 0.284 e. The Labute approximate surface area is 95.5 Å². The lowest BCUT2D eigenvalue weighted by molar-refractivity contribution is 0.0950. The maximum atomic E-state index is 12.0. The highest BCUT2D eigenvalue weighted by atomic mass is 32.1. The molecule has 0 bridgehead atoms. The van der Waals surface area contributed by atoms with E-state index in [1.165, 1.54) is 15.9 Å². The summed E-state index contributed by atoms with van der Waals surface area (Å²) < 4.78 is 3.15. The summed E-state index contributed by atoms with van der Waals surface area (Å²) in [6, 6.07) is 2.19. The Balaban J connectivity index is 1.94. The maximum absolute atomic E-state index is 12.0. The first-order valence-electron chi connectivity index (χ1n) is 5.06. The number of hydrogen-bond donors (Lipinski definition) is 1. The zero-order chi connectivity index (χ0) is 11.1. The van der Waals surface area contributed by atoms with Crippen LogP contribution in [0, 0.1) is 5.41 Å². The van der Waals surface area contributed by atoms with Crippen LogP contribution in [0.25, 0.3) is 0 Å². The van der Waals surface area contributed by atoms with Crippen LogP contribution < -0.4 is 4.80 Å². The number of thiazole rings is 1. The zero-order valence-electron chi connectivity index (χ0n) is 8.46. The van der Waals surface area contributed by atoms with E-state index in [2.05, 4.69) is 5.10 Å². The average molecular weight is 234 g/mol. The highest BCUT2D eigenvalue weighted by Gasteiger charge is 2.25. The summed E-state index contributed by atoms with van der Waals surface area (Å²) in [6.07, 6.45) is 5.72. The molecule has 6 heteroatoms. The molecule has 0 aromatic carbocycles. The molecule has 3 rings (SSSR count). The third-order valence-electron chi connectivity index (χ3n) is 2.58. The van der Waals surface area contributed by atoms with E-state index in [-0.39, 0.29) is 10.7 Å².